The summed E-state index contributed by atoms with van der Waals surface area (Å²) in [6, 6.07) is 2.33. The van der Waals surface area contributed by atoms with Crippen LogP contribution in [-0.4, -0.2) is 21.4 Å². The summed E-state index contributed by atoms with van der Waals surface area (Å²) in [6.45, 7) is 0. The van der Waals surface area contributed by atoms with Gasteiger partial charge in [0.15, 0.2) is 0 Å². The molecule has 8 heteroatoms. The number of hydrogen-bond acceptors (Lipinski definition) is 3. The first kappa shape index (κ1) is 13.2. The molecule has 1 rings (SSSR count). The van der Waals surface area contributed by atoms with Crippen LogP contribution in [0.5, 0.6) is 0 Å². The quantitative estimate of drug-likeness (QED) is 0.848. The molecule has 1 aromatic rings. The lowest BCUT2D eigenvalue weighted by Gasteiger charge is -2.07. The van der Waals surface area contributed by atoms with Crippen molar-refractivity contribution in [2.75, 3.05) is 7.05 Å². The Labute approximate surface area is 103 Å². The molecule has 1 amide bonds. The largest absolute Gasteiger partial charge is 0.355 e. The molecule has 0 fully saturated rings. The number of carbonyl (C=O) groups excluding carboxylic acids is 1. The Morgan fingerprint density at radius 3 is 2.38 bits per heavy atom. The van der Waals surface area contributed by atoms with Crippen molar-refractivity contribution in [1.82, 2.24) is 5.32 Å². The molecule has 0 saturated heterocycles. The highest BCUT2D eigenvalue weighted by Gasteiger charge is 2.19. The van der Waals surface area contributed by atoms with Gasteiger partial charge >= 0.3 is 0 Å². The topological polar surface area (TPSA) is 89.3 Å². The van der Waals surface area contributed by atoms with Crippen LogP contribution in [0.2, 0.25) is 10.0 Å². The van der Waals surface area contributed by atoms with Crippen LogP contribution in [0.25, 0.3) is 0 Å². The van der Waals surface area contributed by atoms with Crippen molar-refractivity contribution in [2.45, 2.75) is 4.90 Å². The van der Waals surface area contributed by atoms with Crippen molar-refractivity contribution in [3.05, 3.63) is 27.7 Å². The molecule has 3 N–H and O–H groups in total. The summed E-state index contributed by atoms with van der Waals surface area (Å²) >= 11 is 11.4. The number of sulfonamides is 1. The van der Waals surface area contributed by atoms with Crippen LogP contribution in [0.15, 0.2) is 17.0 Å². The van der Waals surface area contributed by atoms with E-state index in [4.69, 9.17) is 28.3 Å². The SMILES string of the molecule is CNC(=O)c1cc(Cl)c(Cl)c(S(N)(=O)=O)c1. The van der Waals surface area contributed by atoms with Crippen molar-refractivity contribution < 1.29 is 13.2 Å². The lowest BCUT2D eigenvalue weighted by Crippen LogP contribution is -2.19. The third-order valence-corrected chi connectivity index (χ3v) is 3.64. The Hall–Kier alpha value is -0.820. The first-order chi connectivity index (χ1) is 7.27. The van der Waals surface area contributed by atoms with Crippen LogP contribution in [0.3, 0.4) is 0 Å². The van der Waals surface area contributed by atoms with E-state index in [2.05, 4.69) is 5.32 Å². The normalized spacial score (nSPS) is 11.2. The molecule has 0 unspecified atom stereocenters. The number of hydrogen-bond donors (Lipinski definition) is 2. The van der Waals surface area contributed by atoms with E-state index in [0.717, 1.165) is 6.07 Å². The fraction of sp³-hybridized carbons (Fsp3) is 0.125. The number of nitrogens with two attached hydrogens (primary N) is 1. The van der Waals surface area contributed by atoms with Gasteiger partial charge in [-0.15, -0.1) is 0 Å². The molecular formula is C8H8Cl2N2O3S. The van der Waals surface area contributed by atoms with E-state index in [1.165, 1.54) is 13.1 Å². The Bertz CT molecular complexity index is 542. The summed E-state index contributed by atoms with van der Waals surface area (Å²) < 4.78 is 22.3. The minimum absolute atomic E-state index is 0.0493. The van der Waals surface area contributed by atoms with Gasteiger partial charge in [-0.2, -0.15) is 0 Å². The summed E-state index contributed by atoms with van der Waals surface area (Å²) in [7, 11) is -2.61. The van der Waals surface area contributed by atoms with Crippen molar-refractivity contribution in [2.24, 2.45) is 5.14 Å². The number of amides is 1. The van der Waals surface area contributed by atoms with Crippen LogP contribution in [-0.2, 0) is 10.0 Å². The Kier molecular flexibility index (Phi) is 3.80. The number of nitrogens with one attached hydrogen (secondary N) is 1. The molecular weight excluding hydrogens is 275 g/mol. The van der Waals surface area contributed by atoms with Gasteiger partial charge < -0.3 is 5.32 Å². The third kappa shape index (κ3) is 2.65. The fourth-order valence-corrected chi connectivity index (χ4v) is 2.40. The van der Waals surface area contributed by atoms with E-state index >= 15 is 0 Å². The molecule has 5 nitrogen and oxygen atoms in total. The monoisotopic (exact) mass is 282 g/mol. The van der Waals surface area contributed by atoms with Gasteiger partial charge in [0.2, 0.25) is 10.0 Å². The molecule has 1 aromatic carbocycles. The van der Waals surface area contributed by atoms with Crippen molar-refractivity contribution in [1.29, 1.82) is 0 Å². The first-order valence-electron chi connectivity index (χ1n) is 4.01. The maximum absolute atomic E-state index is 11.3. The van der Waals surface area contributed by atoms with Crippen LogP contribution in [0.4, 0.5) is 0 Å². The highest BCUT2D eigenvalue weighted by atomic mass is 35.5. The Balaban J connectivity index is 3.52. The third-order valence-electron chi connectivity index (χ3n) is 1.79. The molecule has 0 radical (unpaired) electrons. The number of carbonyl (C=O) groups is 1. The van der Waals surface area contributed by atoms with Gasteiger partial charge in [0, 0.05) is 12.6 Å². The number of primary sulfonamides is 1. The second-order valence-electron chi connectivity index (χ2n) is 2.89. The zero-order valence-electron chi connectivity index (χ0n) is 8.12. The second kappa shape index (κ2) is 4.58. The standard InChI is InChI=1S/C8H8Cl2N2O3S/c1-12-8(13)4-2-5(9)7(10)6(3-4)16(11,14)15/h2-3H,1H3,(H,12,13)(H2,11,14,15). The summed E-state index contributed by atoms with van der Waals surface area (Å²) in [5.41, 5.74) is 0.0703. The van der Waals surface area contributed by atoms with Gasteiger partial charge in [0.05, 0.1) is 10.0 Å². The highest BCUT2D eigenvalue weighted by molar-refractivity contribution is 7.89. The Morgan fingerprint density at radius 1 is 1.38 bits per heavy atom. The fourth-order valence-electron chi connectivity index (χ4n) is 1.05. The summed E-state index contributed by atoms with van der Waals surface area (Å²) in [4.78, 5) is 10.9. The van der Waals surface area contributed by atoms with E-state index in [1.807, 2.05) is 0 Å². The molecule has 0 aromatic heterocycles. The van der Waals surface area contributed by atoms with Gasteiger partial charge in [0.1, 0.15) is 4.90 Å². The average molecular weight is 283 g/mol. The van der Waals surface area contributed by atoms with Crippen molar-refractivity contribution >= 4 is 39.1 Å². The lowest BCUT2D eigenvalue weighted by molar-refractivity contribution is 0.0963. The predicted molar refractivity (Wildman–Crippen MR) is 61.2 cm³/mol. The van der Waals surface area contributed by atoms with Gasteiger partial charge in [-0.1, -0.05) is 23.2 Å². The molecule has 0 saturated carbocycles. The minimum Gasteiger partial charge on any atom is -0.355 e. The van der Waals surface area contributed by atoms with E-state index in [-0.39, 0.29) is 20.5 Å². The zero-order chi connectivity index (χ0) is 12.5. The molecule has 0 atom stereocenters. The van der Waals surface area contributed by atoms with Crippen LogP contribution >= 0.6 is 23.2 Å². The molecule has 0 aliphatic rings. The molecule has 0 heterocycles. The van der Waals surface area contributed by atoms with Gasteiger partial charge in [-0.3, -0.25) is 4.79 Å². The van der Waals surface area contributed by atoms with Gasteiger partial charge in [0.25, 0.3) is 5.91 Å². The number of halogens is 2. The van der Waals surface area contributed by atoms with Crippen LogP contribution in [0.1, 0.15) is 10.4 Å². The van der Waals surface area contributed by atoms with E-state index < -0.39 is 15.9 Å². The first-order valence-corrected chi connectivity index (χ1v) is 6.31. The zero-order valence-corrected chi connectivity index (χ0v) is 10.4. The van der Waals surface area contributed by atoms with Crippen LogP contribution < -0.4 is 10.5 Å². The molecule has 0 spiro atoms. The smallest absolute Gasteiger partial charge is 0.251 e. The maximum Gasteiger partial charge on any atom is 0.251 e. The summed E-state index contributed by atoms with van der Waals surface area (Å²) in [5, 5.41) is 7.02. The van der Waals surface area contributed by atoms with Gasteiger partial charge in [-0.25, -0.2) is 13.6 Å². The summed E-state index contributed by atoms with van der Waals surface area (Å²) in [5.74, 6) is -0.483. The molecule has 0 bridgehead atoms. The van der Waals surface area contributed by atoms with Crippen molar-refractivity contribution in [3.63, 3.8) is 0 Å². The summed E-state index contributed by atoms with van der Waals surface area (Å²) in [6.07, 6.45) is 0. The van der Waals surface area contributed by atoms with Gasteiger partial charge in [-0.05, 0) is 12.1 Å². The predicted octanol–water partition coefficient (Wildman–Crippen LogP) is 1.00. The lowest BCUT2D eigenvalue weighted by atomic mass is 10.2. The van der Waals surface area contributed by atoms with E-state index in [9.17, 15) is 13.2 Å². The molecule has 0 aliphatic heterocycles. The number of benzene rings is 1. The molecule has 0 aliphatic carbocycles. The maximum atomic E-state index is 11.3. The molecule has 16 heavy (non-hydrogen) atoms. The second-order valence-corrected chi connectivity index (χ2v) is 5.21. The average Bonchev–Trinajstić information content (AvgIpc) is 2.18. The van der Waals surface area contributed by atoms with E-state index in [1.54, 1.807) is 0 Å². The minimum atomic E-state index is -4.02. The van der Waals surface area contributed by atoms with E-state index in [0.29, 0.717) is 0 Å². The molecule has 88 valence electrons. The van der Waals surface area contributed by atoms with Crippen LogP contribution in [0, 0.1) is 0 Å². The highest BCUT2D eigenvalue weighted by Crippen LogP contribution is 2.30. The van der Waals surface area contributed by atoms with Crippen molar-refractivity contribution in [3.8, 4) is 0 Å². The Morgan fingerprint density at radius 2 is 1.94 bits per heavy atom. The number of rotatable bonds is 2.